The van der Waals surface area contributed by atoms with Gasteiger partial charge in [0.2, 0.25) is 5.91 Å². The number of anilines is 1. The number of hydrogen-bond acceptors (Lipinski definition) is 6. The molecule has 152 valence electrons. The van der Waals surface area contributed by atoms with E-state index in [1.54, 1.807) is 12.4 Å². The van der Waals surface area contributed by atoms with Crippen LogP contribution in [0.3, 0.4) is 0 Å². The smallest absolute Gasteiger partial charge is 0.234 e. The SMILES string of the molecule is O=C(CN1CCCCCC1)NC[C@H]1[C@H]2CN(c3cnccn3)C[C@]23CC[C@H]1O3. The molecule has 4 fully saturated rings. The summed E-state index contributed by atoms with van der Waals surface area (Å²) in [5, 5.41) is 3.23. The average Bonchev–Trinajstić information content (AvgIpc) is 3.30. The van der Waals surface area contributed by atoms with Crippen molar-refractivity contribution in [1.29, 1.82) is 0 Å². The molecule has 5 heterocycles. The van der Waals surface area contributed by atoms with Gasteiger partial charge in [0.05, 0.1) is 24.4 Å². The van der Waals surface area contributed by atoms with Gasteiger partial charge in [0.25, 0.3) is 0 Å². The fourth-order valence-corrected chi connectivity index (χ4v) is 5.88. The minimum atomic E-state index is -0.0532. The zero-order valence-corrected chi connectivity index (χ0v) is 16.6. The fraction of sp³-hybridized carbons (Fsp3) is 0.762. The molecule has 7 heteroatoms. The molecular formula is C21H31N5O2. The molecule has 2 bridgehead atoms. The van der Waals surface area contributed by atoms with Crippen molar-refractivity contribution in [3.05, 3.63) is 18.6 Å². The molecule has 4 aliphatic rings. The van der Waals surface area contributed by atoms with Crippen molar-refractivity contribution in [2.24, 2.45) is 11.8 Å². The Bertz CT molecular complexity index is 693. The quantitative estimate of drug-likeness (QED) is 0.827. The van der Waals surface area contributed by atoms with Crippen molar-refractivity contribution in [3.8, 4) is 0 Å². The number of carbonyl (C=O) groups excluding carboxylic acids is 1. The van der Waals surface area contributed by atoms with E-state index in [0.717, 1.165) is 51.4 Å². The Kier molecular flexibility index (Phi) is 4.97. The largest absolute Gasteiger partial charge is 0.369 e. The first-order chi connectivity index (χ1) is 13.7. The molecule has 7 nitrogen and oxygen atoms in total. The minimum absolute atomic E-state index is 0.0532. The predicted molar refractivity (Wildman–Crippen MR) is 106 cm³/mol. The summed E-state index contributed by atoms with van der Waals surface area (Å²) in [5.74, 6) is 1.97. The van der Waals surface area contributed by atoms with E-state index in [1.165, 1.54) is 25.7 Å². The maximum atomic E-state index is 12.5. The van der Waals surface area contributed by atoms with E-state index in [4.69, 9.17) is 4.74 Å². The number of nitrogens with one attached hydrogen (secondary N) is 1. The lowest BCUT2D eigenvalue weighted by atomic mass is 9.73. The third kappa shape index (κ3) is 3.39. The monoisotopic (exact) mass is 385 g/mol. The van der Waals surface area contributed by atoms with Gasteiger partial charge in [-0.2, -0.15) is 0 Å². The molecule has 1 N–H and O–H groups in total. The summed E-state index contributed by atoms with van der Waals surface area (Å²) in [5.41, 5.74) is -0.0532. The maximum absolute atomic E-state index is 12.5. The molecule has 0 radical (unpaired) electrons. The van der Waals surface area contributed by atoms with Crippen LogP contribution in [-0.2, 0) is 9.53 Å². The van der Waals surface area contributed by atoms with Gasteiger partial charge in [-0.15, -0.1) is 0 Å². The fourth-order valence-electron chi connectivity index (χ4n) is 5.88. The van der Waals surface area contributed by atoms with Gasteiger partial charge in [-0.25, -0.2) is 4.98 Å². The molecule has 0 unspecified atom stereocenters. The Morgan fingerprint density at radius 3 is 2.89 bits per heavy atom. The van der Waals surface area contributed by atoms with Gasteiger partial charge in [0.1, 0.15) is 5.82 Å². The zero-order valence-electron chi connectivity index (χ0n) is 16.6. The molecule has 4 aliphatic heterocycles. The van der Waals surface area contributed by atoms with Gasteiger partial charge in [-0.3, -0.25) is 14.7 Å². The molecule has 0 aromatic carbocycles. The number of ether oxygens (including phenoxy) is 1. The first-order valence-corrected chi connectivity index (χ1v) is 10.9. The second-order valence-corrected chi connectivity index (χ2v) is 8.97. The highest BCUT2D eigenvalue weighted by atomic mass is 16.5. The first kappa shape index (κ1) is 18.3. The Labute approximate surface area is 166 Å². The van der Waals surface area contributed by atoms with Crippen molar-refractivity contribution >= 4 is 11.7 Å². The zero-order chi connectivity index (χ0) is 19.0. The van der Waals surface area contributed by atoms with Gasteiger partial charge < -0.3 is 15.0 Å². The van der Waals surface area contributed by atoms with Crippen LogP contribution >= 0.6 is 0 Å². The molecule has 1 aromatic heterocycles. The molecule has 1 aromatic rings. The van der Waals surface area contributed by atoms with Gasteiger partial charge in [0.15, 0.2) is 0 Å². The molecular weight excluding hydrogens is 354 g/mol. The van der Waals surface area contributed by atoms with Crippen molar-refractivity contribution in [2.45, 2.75) is 50.2 Å². The van der Waals surface area contributed by atoms with Crippen LogP contribution in [-0.4, -0.2) is 71.7 Å². The predicted octanol–water partition coefficient (Wildman–Crippen LogP) is 1.45. The number of likely N-dealkylation sites (tertiary alicyclic amines) is 1. The number of hydrogen-bond donors (Lipinski definition) is 1. The van der Waals surface area contributed by atoms with Crippen LogP contribution in [0.1, 0.15) is 38.5 Å². The standard InChI is InChI=1S/C21H31N5O2/c27-20(14-25-9-3-1-2-4-10-25)24-11-16-17-13-26(19-12-22-7-8-23-19)15-21(17)6-5-18(16)28-21/h7-8,12,16-18H,1-6,9-11,13-15H2,(H,24,27)/t16-,17+,18+,21+/m0/s1. The third-order valence-electron chi connectivity index (χ3n) is 7.26. The third-order valence-corrected chi connectivity index (χ3v) is 7.26. The van der Waals surface area contributed by atoms with E-state index in [2.05, 4.69) is 25.1 Å². The van der Waals surface area contributed by atoms with E-state index in [9.17, 15) is 4.79 Å². The van der Waals surface area contributed by atoms with Crippen LogP contribution in [0.2, 0.25) is 0 Å². The second kappa shape index (κ2) is 7.59. The highest BCUT2D eigenvalue weighted by Gasteiger charge is 2.63. The van der Waals surface area contributed by atoms with Crippen LogP contribution in [0.4, 0.5) is 5.82 Å². The van der Waals surface area contributed by atoms with Crippen LogP contribution in [0.5, 0.6) is 0 Å². The highest BCUT2D eigenvalue weighted by molar-refractivity contribution is 5.78. The van der Waals surface area contributed by atoms with E-state index >= 15 is 0 Å². The lowest BCUT2D eigenvalue weighted by molar-refractivity contribution is -0.122. The lowest BCUT2D eigenvalue weighted by Gasteiger charge is -2.29. The van der Waals surface area contributed by atoms with Crippen LogP contribution < -0.4 is 10.2 Å². The number of aromatic nitrogens is 2. The van der Waals surface area contributed by atoms with Gasteiger partial charge in [-0.1, -0.05) is 12.8 Å². The Hall–Kier alpha value is -1.73. The van der Waals surface area contributed by atoms with Crippen molar-refractivity contribution in [2.75, 3.05) is 44.2 Å². The Morgan fingerprint density at radius 2 is 2.11 bits per heavy atom. The molecule has 5 rings (SSSR count). The van der Waals surface area contributed by atoms with E-state index in [0.29, 0.717) is 24.5 Å². The normalized spacial score (nSPS) is 35.0. The van der Waals surface area contributed by atoms with Crippen molar-refractivity contribution in [3.63, 3.8) is 0 Å². The summed E-state index contributed by atoms with van der Waals surface area (Å²) in [6, 6.07) is 0. The topological polar surface area (TPSA) is 70.6 Å². The average molecular weight is 386 g/mol. The minimum Gasteiger partial charge on any atom is -0.369 e. The maximum Gasteiger partial charge on any atom is 0.234 e. The lowest BCUT2D eigenvalue weighted by Crippen LogP contribution is -2.44. The number of nitrogens with zero attached hydrogens (tertiary/aromatic N) is 4. The molecule has 4 saturated heterocycles. The highest BCUT2D eigenvalue weighted by Crippen LogP contribution is 2.55. The molecule has 4 atom stereocenters. The second-order valence-electron chi connectivity index (χ2n) is 8.97. The van der Waals surface area contributed by atoms with Crippen LogP contribution in [0, 0.1) is 11.8 Å². The van der Waals surface area contributed by atoms with Crippen molar-refractivity contribution < 1.29 is 9.53 Å². The van der Waals surface area contributed by atoms with E-state index in [1.807, 2.05) is 6.20 Å². The van der Waals surface area contributed by atoms with Crippen LogP contribution in [0.25, 0.3) is 0 Å². The molecule has 0 aliphatic carbocycles. The summed E-state index contributed by atoms with van der Waals surface area (Å²) in [6.07, 6.45) is 12.9. The molecule has 1 spiro atoms. The number of carbonyl (C=O) groups is 1. The van der Waals surface area contributed by atoms with E-state index in [-0.39, 0.29) is 11.5 Å². The number of amides is 1. The summed E-state index contributed by atoms with van der Waals surface area (Å²) >= 11 is 0. The summed E-state index contributed by atoms with van der Waals surface area (Å²) in [4.78, 5) is 25.9. The first-order valence-electron chi connectivity index (χ1n) is 10.9. The summed E-state index contributed by atoms with van der Waals surface area (Å²) in [7, 11) is 0. The number of rotatable bonds is 5. The van der Waals surface area contributed by atoms with Gasteiger partial charge in [-0.05, 0) is 38.8 Å². The summed E-state index contributed by atoms with van der Waals surface area (Å²) in [6.45, 7) is 5.23. The molecule has 1 amide bonds. The summed E-state index contributed by atoms with van der Waals surface area (Å²) < 4.78 is 6.50. The molecule has 28 heavy (non-hydrogen) atoms. The van der Waals surface area contributed by atoms with Crippen LogP contribution in [0.15, 0.2) is 18.6 Å². The Morgan fingerprint density at radius 1 is 1.25 bits per heavy atom. The number of fused-ring (bicyclic) bond motifs is 1. The Balaban J connectivity index is 1.19. The van der Waals surface area contributed by atoms with E-state index < -0.39 is 0 Å². The van der Waals surface area contributed by atoms with Gasteiger partial charge >= 0.3 is 0 Å². The van der Waals surface area contributed by atoms with Crippen molar-refractivity contribution in [1.82, 2.24) is 20.2 Å². The van der Waals surface area contributed by atoms with Gasteiger partial charge in [0, 0.05) is 43.9 Å². The molecule has 0 saturated carbocycles.